The Bertz CT molecular complexity index is 747. The van der Waals surface area contributed by atoms with Gasteiger partial charge >= 0.3 is 0 Å². The third kappa shape index (κ3) is 2.62. The lowest BCUT2D eigenvalue weighted by Crippen LogP contribution is -2.06. The summed E-state index contributed by atoms with van der Waals surface area (Å²) in [7, 11) is 3.61. The van der Waals surface area contributed by atoms with Crippen molar-refractivity contribution in [2.75, 3.05) is 7.11 Å². The average Bonchev–Trinajstić information content (AvgIpc) is 2.84. The monoisotopic (exact) mass is 282 g/mol. The van der Waals surface area contributed by atoms with Crippen LogP contribution in [0.3, 0.4) is 0 Å². The molecule has 0 radical (unpaired) electrons. The molecule has 0 aliphatic rings. The van der Waals surface area contributed by atoms with Crippen molar-refractivity contribution in [1.82, 2.24) is 9.55 Å². The number of methoxy groups -OCH3 is 1. The lowest BCUT2D eigenvalue weighted by molar-refractivity contribution is 0.175. The lowest BCUT2D eigenvalue weighted by Gasteiger charge is -2.11. The van der Waals surface area contributed by atoms with Crippen molar-refractivity contribution in [2.45, 2.75) is 12.5 Å². The Balaban J connectivity index is 1.85. The van der Waals surface area contributed by atoms with Crippen molar-refractivity contribution in [3.05, 3.63) is 59.9 Å². The molecule has 108 valence electrons. The fraction of sp³-hybridized carbons (Fsp3) is 0.235. The summed E-state index contributed by atoms with van der Waals surface area (Å²) in [6, 6.07) is 15.5. The Hall–Kier alpha value is -2.33. The Morgan fingerprint density at radius 1 is 1.14 bits per heavy atom. The standard InChI is InChI=1S/C17H18N2O2/c1-19-15-6-4-3-5-14(15)18-17(19)11-16(20)12-7-9-13(21-2)10-8-12/h3-10,16,20H,11H2,1-2H3/t16-/m1/s1. The maximum absolute atomic E-state index is 10.4. The molecule has 1 heterocycles. The van der Waals surface area contributed by atoms with Crippen molar-refractivity contribution < 1.29 is 9.84 Å². The van der Waals surface area contributed by atoms with Gasteiger partial charge in [0.2, 0.25) is 0 Å². The van der Waals surface area contributed by atoms with Gasteiger partial charge in [0.05, 0.1) is 24.2 Å². The molecule has 0 saturated heterocycles. The van der Waals surface area contributed by atoms with E-state index in [0.29, 0.717) is 6.42 Å². The number of imidazole rings is 1. The third-order valence-corrected chi connectivity index (χ3v) is 3.76. The normalized spacial score (nSPS) is 12.5. The smallest absolute Gasteiger partial charge is 0.118 e. The number of benzene rings is 2. The molecule has 4 heteroatoms. The molecule has 0 fully saturated rings. The van der Waals surface area contributed by atoms with Gasteiger partial charge in [0.25, 0.3) is 0 Å². The van der Waals surface area contributed by atoms with Gasteiger partial charge in [-0.3, -0.25) is 0 Å². The minimum atomic E-state index is -0.577. The van der Waals surface area contributed by atoms with E-state index in [2.05, 4.69) is 4.98 Å². The summed E-state index contributed by atoms with van der Waals surface area (Å²) in [5, 5.41) is 10.4. The minimum absolute atomic E-state index is 0.484. The summed E-state index contributed by atoms with van der Waals surface area (Å²) >= 11 is 0. The van der Waals surface area contributed by atoms with Crippen LogP contribution in [-0.4, -0.2) is 21.8 Å². The third-order valence-electron chi connectivity index (χ3n) is 3.76. The second kappa shape index (κ2) is 5.58. The minimum Gasteiger partial charge on any atom is -0.497 e. The first kappa shape index (κ1) is 13.6. The Morgan fingerprint density at radius 3 is 2.52 bits per heavy atom. The number of para-hydroxylation sites is 2. The van der Waals surface area contributed by atoms with E-state index >= 15 is 0 Å². The van der Waals surface area contributed by atoms with E-state index in [1.807, 2.05) is 60.1 Å². The lowest BCUT2D eigenvalue weighted by atomic mass is 10.1. The quantitative estimate of drug-likeness (QED) is 0.800. The van der Waals surface area contributed by atoms with Gasteiger partial charge in [-0.1, -0.05) is 24.3 Å². The molecule has 0 saturated carbocycles. The predicted octanol–water partition coefficient (Wildman–Crippen LogP) is 2.86. The number of nitrogens with zero attached hydrogens (tertiary/aromatic N) is 2. The predicted molar refractivity (Wildman–Crippen MR) is 82.4 cm³/mol. The molecule has 1 atom stereocenters. The molecule has 2 aromatic carbocycles. The zero-order valence-electron chi connectivity index (χ0n) is 12.2. The molecule has 0 unspecified atom stereocenters. The van der Waals surface area contributed by atoms with Crippen LogP contribution in [0.2, 0.25) is 0 Å². The summed E-state index contributed by atoms with van der Waals surface area (Å²) < 4.78 is 7.16. The molecule has 3 aromatic rings. The highest BCUT2D eigenvalue weighted by atomic mass is 16.5. The maximum atomic E-state index is 10.4. The van der Waals surface area contributed by atoms with Gasteiger partial charge < -0.3 is 14.4 Å². The second-order valence-corrected chi connectivity index (χ2v) is 5.07. The van der Waals surface area contributed by atoms with Crippen molar-refractivity contribution >= 4 is 11.0 Å². The van der Waals surface area contributed by atoms with Crippen LogP contribution in [0.15, 0.2) is 48.5 Å². The molecular formula is C17H18N2O2. The molecule has 1 N–H and O–H groups in total. The summed E-state index contributed by atoms with van der Waals surface area (Å²) in [6.07, 6.45) is -0.0938. The first-order valence-corrected chi connectivity index (χ1v) is 6.91. The number of fused-ring (bicyclic) bond motifs is 1. The first-order valence-electron chi connectivity index (χ1n) is 6.91. The zero-order valence-corrected chi connectivity index (χ0v) is 12.2. The number of aliphatic hydroxyl groups is 1. The summed E-state index contributed by atoms with van der Waals surface area (Å²) in [5.74, 6) is 1.66. The van der Waals surface area contributed by atoms with Gasteiger partial charge in [-0.05, 0) is 29.8 Å². The number of aryl methyl sites for hydroxylation is 1. The number of hydrogen-bond acceptors (Lipinski definition) is 3. The van der Waals surface area contributed by atoms with E-state index in [4.69, 9.17) is 4.74 Å². The van der Waals surface area contributed by atoms with E-state index in [0.717, 1.165) is 28.2 Å². The highest BCUT2D eigenvalue weighted by Crippen LogP contribution is 2.22. The summed E-state index contributed by atoms with van der Waals surface area (Å²) in [4.78, 5) is 4.59. The molecule has 0 aliphatic carbocycles. The van der Waals surface area contributed by atoms with E-state index in [9.17, 15) is 5.11 Å². The summed E-state index contributed by atoms with van der Waals surface area (Å²) in [6.45, 7) is 0. The van der Waals surface area contributed by atoms with Gasteiger partial charge in [0.15, 0.2) is 0 Å². The molecule has 0 amide bonds. The van der Waals surface area contributed by atoms with Gasteiger partial charge in [0, 0.05) is 13.5 Å². The Labute approximate surface area is 123 Å². The van der Waals surface area contributed by atoms with Crippen LogP contribution in [0.1, 0.15) is 17.5 Å². The number of aromatic nitrogens is 2. The van der Waals surface area contributed by atoms with Gasteiger partial charge in [-0.15, -0.1) is 0 Å². The fourth-order valence-electron chi connectivity index (χ4n) is 2.49. The fourth-order valence-corrected chi connectivity index (χ4v) is 2.49. The molecule has 3 rings (SSSR count). The van der Waals surface area contributed by atoms with E-state index < -0.39 is 6.10 Å². The number of aliphatic hydroxyl groups excluding tert-OH is 1. The maximum Gasteiger partial charge on any atom is 0.118 e. The summed E-state index contributed by atoms with van der Waals surface area (Å²) in [5.41, 5.74) is 2.90. The van der Waals surface area contributed by atoms with Crippen molar-refractivity contribution in [3.8, 4) is 5.75 Å². The number of rotatable bonds is 4. The molecular weight excluding hydrogens is 264 g/mol. The van der Waals surface area contributed by atoms with E-state index in [1.165, 1.54) is 0 Å². The number of ether oxygens (including phenoxy) is 1. The average molecular weight is 282 g/mol. The van der Waals surface area contributed by atoms with E-state index in [1.54, 1.807) is 7.11 Å². The first-order chi connectivity index (χ1) is 10.2. The largest absolute Gasteiger partial charge is 0.497 e. The molecule has 0 aliphatic heterocycles. The molecule has 0 bridgehead atoms. The Kier molecular flexibility index (Phi) is 3.62. The van der Waals surface area contributed by atoms with Crippen LogP contribution in [0.25, 0.3) is 11.0 Å². The van der Waals surface area contributed by atoms with Gasteiger partial charge in [0.1, 0.15) is 11.6 Å². The Morgan fingerprint density at radius 2 is 1.86 bits per heavy atom. The molecule has 21 heavy (non-hydrogen) atoms. The van der Waals surface area contributed by atoms with Crippen LogP contribution < -0.4 is 4.74 Å². The van der Waals surface area contributed by atoms with Crippen LogP contribution in [0.5, 0.6) is 5.75 Å². The van der Waals surface area contributed by atoms with Crippen molar-refractivity contribution in [3.63, 3.8) is 0 Å². The van der Waals surface area contributed by atoms with Crippen LogP contribution in [-0.2, 0) is 13.5 Å². The van der Waals surface area contributed by atoms with Crippen LogP contribution in [0.4, 0.5) is 0 Å². The van der Waals surface area contributed by atoms with Crippen molar-refractivity contribution in [2.24, 2.45) is 7.05 Å². The topological polar surface area (TPSA) is 47.3 Å². The highest BCUT2D eigenvalue weighted by molar-refractivity contribution is 5.75. The zero-order chi connectivity index (χ0) is 14.8. The number of hydrogen-bond donors (Lipinski definition) is 1. The molecule has 4 nitrogen and oxygen atoms in total. The van der Waals surface area contributed by atoms with Gasteiger partial charge in [-0.25, -0.2) is 4.98 Å². The van der Waals surface area contributed by atoms with Crippen molar-refractivity contribution in [1.29, 1.82) is 0 Å². The van der Waals surface area contributed by atoms with E-state index in [-0.39, 0.29) is 0 Å². The van der Waals surface area contributed by atoms with Crippen LogP contribution >= 0.6 is 0 Å². The molecule has 0 spiro atoms. The SMILES string of the molecule is COc1ccc([C@H](O)Cc2nc3ccccc3n2C)cc1. The second-order valence-electron chi connectivity index (χ2n) is 5.07. The molecule has 1 aromatic heterocycles. The van der Waals surface area contributed by atoms with Gasteiger partial charge in [-0.2, -0.15) is 0 Å². The van der Waals surface area contributed by atoms with Crippen LogP contribution in [0, 0.1) is 0 Å². The highest BCUT2D eigenvalue weighted by Gasteiger charge is 2.14.